The van der Waals surface area contributed by atoms with Gasteiger partial charge in [0.15, 0.2) is 6.04 Å². The molecule has 1 fully saturated rings. The Morgan fingerprint density at radius 2 is 2.42 bits per heavy atom. The summed E-state index contributed by atoms with van der Waals surface area (Å²) in [5.41, 5.74) is 0. The summed E-state index contributed by atoms with van der Waals surface area (Å²) in [4.78, 5) is 20.8. The van der Waals surface area contributed by atoms with Crippen molar-refractivity contribution < 1.29 is 14.6 Å². The third-order valence-corrected chi connectivity index (χ3v) is 1.82. The summed E-state index contributed by atoms with van der Waals surface area (Å²) < 4.78 is 5.06. The second kappa shape index (κ2) is 3.48. The van der Waals surface area contributed by atoms with Gasteiger partial charge >= 0.3 is 5.97 Å². The van der Waals surface area contributed by atoms with Gasteiger partial charge in [0.2, 0.25) is 0 Å². The first-order valence-corrected chi connectivity index (χ1v) is 3.61. The van der Waals surface area contributed by atoms with Gasteiger partial charge in [0.1, 0.15) is 0 Å². The third kappa shape index (κ3) is 1.53. The third-order valence-electron chi connectivity index (χ3n) is 1.82. The van der Waals surface area contributed by atoms with Crippen LogP contribution in [0.1, 0.15) is 6.92 Å². The summed E-state index contributed by atoms with van der Waals surface area (Å²) in [6.45, 7) is 2.19. The monoisotopic (exact) mass is 174 g/mol. The van der Waals surface area contributed by atoms with Crippen molar-refractivity contribution in [2.24, 2.45) is 5.29 Å². The van der Waals surface area contributed by atoms with Gasteiger partial charge in [-0.15, -0.1) is 4.91 Å². The number of rotatable bonds is 2. The van der Waals surface area contributed by atoms with Gasteiger partial charge in [0.25, 0.3) is 0 Å². The van der Waals surface area contributed by atoms with E-state index in [4.69, 9.17) is 9.84 Å². The molecule has 68 valence electrons. The quantitative estimate of drug-likeness (QED) is 0.588. The van der Waals surface area contributed by atoms with Crippen molar-refractivity contribution in [3.8, 4) is 0 Å². The molecule has 0 aromatic carbocycles. The maximum Gasteiger partial charge on any atom is 0.330 e. The lowest BCUT2D eigenvalue weighted by molar-refractivity contribution is -0.155. The molecule has 0 aliphatic carbocycles. The highest BCUT2D eigenvalue weighted by Gasteiger charge is 2.35. The number of hydrogen-bond donors (Lipinski definition) is 1. The van der Waals surface area contributed by atoms with Crippen LogP contribution in [0, 0.1) is 4.91 Å². The van der Waals surface area contributed by atoms with Crippen LogP contribution >= 0.6 is 0 Å². The minimum atomic E-state index is -1.08. The van der Waals surface area contributed by atoms with E-state index >= 15 is 0 Å². The van der Waals surface area contributed by atoms with Gasteiger partial charge in [-0.3, -0.25) is 0 Å². The summed E-state index contributed by atoms with van der Waals surface area (Å²) in [5, 5.41) is 12.3. The van der Waals surface area contributed by atoms with Crippen LogP contribution in [0.2, 0.25) is 0 Å². The van der Waals surface area contributed by atoms with Crippen LogP contribution in [0.15, 0.2) is 5.29 Å². The molecule has 0 spiro atoms. The van der Waals surface area contributed by atoms with E-state index in [2.05, 4.69) is 5.29 Å². The van der Waals surface area contributed by atoms with Gasteiger partial charge in [0.05, 0.1) is 24.5 Å². The fourth-order valence-corrected chi connectivity index (χ4v) is 1.22. The summed E-state index contributed by atoms with van der Waals surface area (Å²) in [6.07, 6.45) is -0.492. The molecule has 0 aromatic rings. The predicted octanol–water partition coefficient (Wildman–Crippen LogP) is -0.158. The predicted molar refractivity (Wildman–Crippen MR) is 39.3 cm³/mol. The molecule has 1 aliphatic rings. The number of carboxylic acids is 1. The molecule has 0 saturated carbocycles. The van der Waals surface area contributed by atoms with Gasteiger partial charge in [-0.25, -0.2) is 9.80 Å². The van der Waals surface area contributed by atoms with Crippen LogP contribution in [0.3, 0.4) is 0 Å². The number of morpholine rings is 1. The highest BCUT2D eigenvalue weighted by atomic mass is 16.5. The Kier molecular flexibility index (Phi) is 2.59. The van der Waals surface area contributed by atoms with Crippen molar-refractivity contribution in [1.82, 2.24) is 5.01 Å². The molecule has 1 unspecified atom stereocenters. The SMILES string of the molecule is C[C@H]1OCCN(N=O)C1C(=O)O. The van der Waals surface area contributed by atoms with E-state index in [0.717, 1.165) is 5.01 Å². The Morgan fingerprint density at radius 1 is 1.75 bits per heavy atom. The molecule has 0 amide bonds. The van der Waals surface area contributed by atoms with E-state index in [1.807, 2.05) is 0 Å². The highest BCUT2D eigenvalue weighted by Crippen LogP contribution is 2.13. The first-order chi connectivity index (χ1) is 5.66. The summed E-state index contributed by atoms with van der Waals surface area (Å²) in [5.74, 6) is -1.08. The largest absolute Gasteiger partial charge is 0.480 e. The van der Waals surface area contributed by atoms with E-state index in [9.17, 15) is 9.70 Å². The van der Waals surface area contributed by atoms with Crippen LogP contribution < -0.4 is 0 Å². The molecule has 12 heavy (non-hydrogen) atoms. The van der Waals surface area contributed by atoms with Crippen LogP contribution in [-0.4, -0.2) is 41.4 Å². The number of nitroso groups, excluding NO2 is 1. The van der Waals surface area contributed by atoms with Gasteiger partial charge in [-0.05, 0) is 6.92 Å². The highest BCUT2D eigenvalue weighted by molar-refractivity contribution is 5.74. The maximum absolute atomic E-state index is 10.6. The fourth-order valence-electron chi connectivity index (χ4n) is 1.22. The Balaban J connectivity index is 2.72. The topological polar surface area (TPSA) is 79.2 Å². The van der Waals surface area contributed by atoms with Gasteiger partial charge in [-0.2, -0.15) is 0 Å². The minimum absolute atomic E-state index is 0.241. The Bertz CT molecular complexity index is 196. The zero-order valence-electron chi connectivity index (χ0n) is 6.64. The molecular formula is C6H10N2O4. The molecule has 0 aromatic heterocycles. The molecule has 1 heterocycles. The molecule has 1 N–H and O–H groups in total. The van der Waals surface area contributed by atoms with E-state index in [0.29, 0.717) is 6.61 Å². The normalized spacial score (nSPS) is 29.9. The van der Waals surface area contributed by atoms with E-state index < -0.39 is 18.1 Å². The maximum atomic E-state index is 10.6. The average molecular weight is 174 g/mol. The van der Waals surface area contributed by atoms with Crippen molar-refractivity contribution >= 4 is 5.97 Å². The smallest absolute Gasteiger partial charge is 0.330 e. The van der Waals surface area contributed by atoms with Gasteiger partial charge in [-0.1, -0.05) is 0 Å². The van der Waals surface area contributed by atoms with Crippen molar-refractivity contribution in [1.29, 1.82) is 0 Å². The van der Waals surface area contributed by atoms with Crippen molar-refractivity contribution in [3.05, 3.63) is 4.91 Å². The number of ether oxygens (including phenoxy) is 1. The van der Waals surface area contributed by atoms with Crippen molar-refractivity contribution in [2.75, 3.05) is 13.2 Å². The number of carbonyl (C=O) groups is 1. The fraction of sp³-hybridized carbons (Fsp3) is 0.833. The molecule has 6 heteroatoms. The lowest BCUT2D eigenvalue weighted by Gasteiger charge is -2.32. The zero-order chi connectivity index (χ0) is 9.14. The Hall–Kier alpha value is -1.17. The molecule has 1 rings (SSSR count). The summed E-state index contributed by atoms with van der Waals surface area (Å²) in [6, 6.07) is -0.948. The van der Waals surface area contributed by atoms with E-state index in [1.165, 1.54) is 0 Å². The Labute approximate surface area is 69.1 Å². The standard InChI is InChI=1S/C6H10N2O4/c1-4-5(6(9)10)8(7-11)2-3-12-4/h4-5H,2-3H2,1H3,(H,9,10)/t4-,5?/m1/s1. The molecule has 6 nitrogen and oxygen atoms in total. The second-order valence-electron chi connectivity index (χ2n) is 2.60. The van der Waals surface area contributed by atoms with Gasteiger partial charge in [0, 0.05) is 0 Å². The first kappa shape index (κ1) is 8.92. The van der Waals surface area contributed by atoms with E-state index in [-0.39, 0.29) is 6.54 Å². The Morgan fingerprint density at radius 3 is 2.83 bits per heavy atom. The summed E-state index contributed by atoms with van der Waals surface area (Å²) >= 11 is 0. The molecule has 1 saturated heterocycles. The van der Waals surface area contributed by atoms with Crippen LogP contribution in [0.4, 0.5) is 0 Å². The molecule has 2 atom stereocenters. The molecule has 0 radical (unpaired) electrons. The molecular weight excluding hydrogens is 164 g/mol. The van der Waals surface area contributed by atoms with Crippen LogP contribution in [-0.2, 0) is 9.53 Å². The number of aliphatic carboxylic acids is 1. The summed E-state index contributed by atoms with van der Waals surface area (Å²) in [7, 11) is 0. The second-order valence-corrected chi connectivity index (χ2v) is 2.60. The zero-order valence-corrected chi connectivity index (χ0v) is 6.64. The number of nitrogens with zero attached hydrogens (tertiary/aromatic N) is 2. The average Bonchev–Trinajstić information content (AvgIpc) is 2.03. The number of carboxylic acid groups (broad SMARTS) is 1. The van der Waals surface area contributed by atoms with Crippen LogP contribution in [0.5, 0.6) is 0 Å². The van der Waals surface area contributed by atoms with Crippen molar-refractivity contribution in [3.63, 3.8) is 0 Å². The molecule has 1 aliphatic heterocycles. The van der Waals surface area contributed by atoms with Crippen LogP contribution in [0.25, 0.3) is 0 Å². The van der Waals surface area contributed by atoms with E-state index in [1.54, 1.807) is 6.92 Å². The molecule has 0 bridgehead atoms. The van der Waals surface area contributed by atoms with Crippen molar-refractivity contribution in [2.45, 2.75) is 19.1 Å². The lowest BCUT2D eigenvalue weighted by Crippen LogP contribution is -2.51. The minimum Gasteiger partial charge on any atom is -0.480 e. The number of hydrogen-bond acceptors (Lipinski definition) is 4. The first-order valence-electron chi connectivity index (χ1n) is 3.61. The van der Waals surface area contributed by atoms with Gasteiger partial charge < -0.3 is 9.84 Å². The lowest BCUT2D eigenvalue weighted by atomic mass is 10.1.